The second-order valence-corrected chi connectivity index (χ2v) is 6.17. The van der Waals surface area contributed by atoms with Crippen LogP contribution >= 0.6 is 39.1 Å². The van der Waals surface area contributed by atoms with Crippen LogP contribution in [0.5, 0.6) is 0 Å². The van der Waals surface area contributed by atoms with Gasteiger partial charge in [0.1, 0.15) is 10.3 Å². The summed E-state index contributed by atoms with van der Waals surface area (Å²) in [5.41, 5.74) is 2.53. The molecule has 1 amide bonds. The van der Waals surface area contributed by atoms with Crippen molar-refractivity contribution < 1.29 is 4.79 Å². The molecule has 2 aromatic rings. The van der Waals surface area contributed by atoms with Gasteiger partial charge in [0.25, 0.3) is 5.91 Å². The largest absolute Gasteiger partial charge is 0.308 e. The molecular formula is C14H9BrCl2N2O. The number of pyridine rings is 1. The summed E-state index contributed by atoms with van der Waals surface area (Å²) >= 11 is 15.1. The number of carbonyl (C=O) groups excluding carboxylic acids is 1. The fourth-order valence-electron chi connectivity index (χ4n) is 2.33. The molecule has 0 N–H and O–H groups in total. The summed E-state index contributed by atoms with van der Waals surface area (Å²) in [5, 5.41) is 0.437. The van der Waals surface area contributed by atoms with Crippen molar-refractivity contribution in [1.82, 2.24) is 4.98 Å². The number of anilines is 1. The minimum Gasteiger partial charge on any atom is -0.308 e. The van der Waals surface area contributed by atoms with E-state index in [0.29, 0.717) is 12.1 Å². The van der Waals surface area contributed by atoms with Crippen LogP contribution in [-0.4, -0.2) is 17.4 Å². The van der Waals surface area contributed by atoms with Crippen molar-refractivity contribution in [2.24, 2.45) is 0 Å². The molecule has 3 nitrogen and oxygen atoms in total. The molecule has 0 fully saturated rings. The lowest BCUT2D eigenvalue weighted by Gasteiger charge is -2.17. The number of aromatic nitrogens is 1. The van der Waals surface area contributed by atoms with E-state index in [2.05, 4.69) is 20.9 Å². The van der Waals surface area contributed by atoms with E-state index in [1.54, 1.807) is 4.90 Å². The van der Waals surface area contributed by atoms with E-state index in [-0.39, 0.29) is 16.2 Å². The van der Waals surface area contributed by atoms with Gasteiger partial charge in [0, 0.05) is 22.3 Å². The first-order valence-corrected chi connectivity index (χ1v) is 7.53. The third-order valence-electron chi connectivity index (χ3n) is 3.19. The molecule has 0 radical (unpaired) electrons. The Balaban J connectivity index is 1.97. The molecule has 6 heteroatoms. The van der Waals surface area contributed by atoms with E-state index in [4.69, 9.17) is 23.2 Å². The van der Waals surface area contributed by atoms with Crippen molar-refractivity contribution in [2.75, 3.05) is 11.4 Å². The summed E-state index contributed by atoms with van der Waals surface area (Å²) in [6.07, 6.45) is 0.840. The van der Waals surface area contributed by atoms with Gasteiger partial charge in [-0.15, -0.1) is 0 Å². The number of nitrogens with zero attached hydrogens (tertiary/aromatic N) is 2. The van der Waals surface area contributed by atoms with Crippen molar-refractivity contribution >= 4 is 50.7 Å². The zero-order valence-electron chi connectivity index (χ0n) is 10.2. The Labute approximate surface area is 134 Å². The molecule has 102 valence electrons. The molecule has 20 heavy (non-hydrogen) atoms. The lowest BCUT2D eigenvalue weighted by atomic mass is 10.2. The maximum atomic E-state index is 12.6. The highest BCUT2D eigenvalue weighted by Crippen LogP contribution is 2.32. The van der Waals surface area contributed by atoms with Crippen LogP contribution in [-0.2, 0) is 6.42 Å². The summed E-state index contributed by atoms with van der Waals surface area (Å²) < 4.78 is 1.01. The SMILES string of the molecule is O=C(c1cc(Cl)nc(Cl)c1)N1CCc2cc(Br)ccc21. The third kappa shape index (κ3) is 2.55. The molecule has 3 rings (SSSR count). The van der Waals surface area contributed by atoms with E-state index in [9.17, 15) is 4.79 Å². The number of halogens is 3. The van der Waals surface area contributed by atoms with Crippen LogP contribution < -0.4 is 4.90 Å². The molecule has 2 heterocycles. The van der Waals surface area contributed by atoms with Gasteiger partial charge >= 0.3 is 0 Å². The number of hydrogen-bond donors (Lipinski definition) is 0. The van der Waals surface area contributed by atoms with Gasteiger partial charge in [0.15, 0.2) is 0 Å². The maximum Gasteiger partial charge on any atom is 0.258 e. The summed E-state index contributed by atoms with van der Waals surface area (Å²) in [6.45, 7) is 0.655. The fraction of sp³-hybridized carbons (Fsp3) is 0.143. The molecule has 0 saturated carbocycles. The van der Waals surface area contributed by atoms with Gasteiger partial charge in [0.05, 0.1) is 0 Å². The van der Waals surface area contributed by atoms with Gasteiger partial charge in [-0.2, -0.15) is 0 Å². The number of rotatable bonds is 1. The summed E-state index contributed by atoms with van der Waals surface area (Å²) in [4.78, 5) is 18.2. The normalized spacial score (nSPS) is 13.4. The monoisotopic (exact) mass is 370 g/mol. The first kappa shape index (κ1) is 13.9. The maximum absolute atomic E-state index is 12.6. The lowest BCUT2D eigenvalue weighted by Crippen LogP contribution is -2.28. The highest BCUT2D eigenvalue weighted by Gasteiger charge is 2.26. The number of benzene rings is 1. The summed E-state index contributed by atoms with van der Waals surface area (Å²) in [6, 6.07) is 8.97. The fourth-order valence-corrected chi connectivity index (χ4v) is 3.19. The standard InChI is InChI=1S/C14H9BrCl2N2O/c15-10-1-2-11-8(5-10)3-4-19(11)14(20)9-6-12(16)18-13(17)7-9/h1-2,5-7H,3-4H2. The van der Waals surface area contributed by atoms with Crippen molar-refractivity contribution in [3.05, 3.63) is 56.2 Å². The van der Waals surface area contributed by atoms with Crippen molar-refractivity contribution in [2.45, 2.75) is 6.42 Å². The Morgan fingerprint density at radius 3 is 2.60 bits per heavy atom. The molecule has 1 aliphatic heterocycles. The summed E-state index contributed by atoms with van der Waals surface area (Å²) in [7, 11) is 0. The van der Waals surface area contributed by atoms with Crippen LogP contribution in [0.2, 0.25) is 10.3 Å². The number of fused-ring (bicyclic) bond motifs is 1. The number of carbonyl (C=O) groups is 1. The van der Waals surface area contributed by atoms with Crippen LogP contribution in [0.1, 0.15) is 15.9 Å². The van der Waals surface area contributed by atoms with Gasteiger partial charge in [-0.3, -0.25) is 4.79 Å². The first-order valence-electron chi connectivity index (χ1n) is 5.98. The number of hydrogen-bond acceptors (Lipinski definition) is 2. The average molecular weight is 372 g/mol. The van der Waals surface area contributed by atoms with Gasteiger partial charge in [-0.05, 0) is 42.3 Å². The Hall–Kier alpha value is -1.10. The third-order valence-corrected chi connectivity index (χ3v) is 4.07. The lowest BCUT2D eigenvalue weighted by molar-refractivity contribution is 0.0989. The second-order valence-electron chi connectivity index (χ2n) is 4.48. The number of amides is 1. The van der Waals surface area contributed by atoms with E-state index in [1.165, 1.54) is 12.1 Å². The van der Waals surface area contributed by atoms with Gasteiger partial charge < -0.3 is 4.90 Å². The van der Waals surface area contributed by atoms with Crippen LogP contribution in [0.15, 0.2) is 34.8 Å². The quantitative estimate of drug-likeness (QED) is 0.698. The molecule has 1 aromatic heterocycles. The van der Waals surface area contributed by atoms with Crippen LogP contribution in [0.4, 0.5) is 5.69 Å². The predicted octanol–water partition coefficient (Wildman–Crippen LogP) is 4.35. The van der Waals surface area contributed by atoms with Gasteiger partial charge in [-0.25, -0.2) is 4.98 Å². The molecule has 0 aliphatic carbocycles. The van der Waals surface area contributed by atoms with Gasteiger partial charge in [-0.1, -0.05) is 39.1 Å². The van der Waals surface area contributed by atoms with E-state index >= 15 is 0 Å². The van der Waals surface area contributed by atoms with Crippen LogP contribution in [0, 0.1) is 0 Å². The average Bonchev–Trinajstić information content (AvgIpc) is 2.79. The second kappa shape index (κ2) is 5.35. The van der Waals surface area contributed by atoms with E-state index in [1.807, 2.05) is 18.2 Å². The molecular weight excluding hydrogens is 363 g/mol. The Morgan fingerprint density at radius 1 is 1.20 bits per heavy atom. The minimum absolute atomic E-state index is 0.114. The minimum atomic E-state index is -0.114. The molecule has 0 spiro atoms. The highest BCUT2D eigenvalue weighted by atomic mass is 79.9. The molecule has 0 unspecified atom stereocenters. The zero-order chi connectivity index (χ0) is 14.3. The predicted molar refractivity (Wildman–Crippen MR) is 83.8 cm³/mol. The summed E-state index contributed by atoms with van der Waals surface area (Å²) in [5.74, 6) is -0.114. The Bertz CT molecular complexity index is 685. The topological polar surface area (TPSA) is 33.2 Å². The molecule has 1 aliphatic rings. The highest BCUT2D eigenvalue weighted by molar-refractivity contribution is 9.10. The van der Waals surface area contributed by atoms with Crippen LogP contribution in [0.25, 0.3) is 0 Å². The van der Waals surface area contributed by atoms with Crippen LogP contribution in [0.3, 0.4) is 0 Å². The Kier molecular flexibility index (Phi) is 3.71. The smallest absolute Gasteiger partial charge is 0.258 e. The van der Waals surface area contributed by atoms with Crippen molar-refractivity contribution in [3.63, 3.8) is 0 Å². The van der Waals surface area contributed by atoms with Gasteiger partial charge in [0.2, 0.25) is 0 Å². The molecule has 1 aromatic carbocycles. The van der Waals surface area contributed by atoms with E-state index < -0.39 is 0 Å². The molecule has 0 bridgehead atoms. The van der Waals surface area contributed by atoms with E-state index in [0.717, 1.165) is 22.1 Å². The van der Waals surface area contributed by atoms with Crippen molar-refractivity contribution in [3.8, 4) is 0 Å². The molecule has 0 saturated heterocycles. The molecule has 0 atom stereocenters. The Morgan fingerprint density at radius 2 is 1.90 bits per heavy atom. The first-order chi connectivity index (χ1) is 9.54. The zero-order valence-corrected chi connectivity index (χ0v) is 13.3. The van der Waals surface area contributed by atoms with Crippen molar-refractivity contribution in [1.29, 1.82) is 0 Å².